The van der Waals surface area contributed by atoms with E-state index in [1.54, 1.807) is 18.4 Å². The third-order valence-corrected chi connectivity index (χ3v) is 4.39. The summed E-state index contributed by atoms with van der Waals surface area (Å²) in [7, 11) is 0. The van der Waals surface area contributed by atoms with E-state index in [4.69, 9.17) is 4.42 Å². The van der Waals surface area contributed by atoms with Crippen LogP contribution in [-0.2, 0) is 9.59 Å². The maximum atomic E-state index is 12.7. The lowest BCUT2D eigenvalue weighted by molar-refractivity contribution is -0.140. The van der Waals surface area contributed by atoms with Gasteiger partial charge in [0.15, 0.2) is 5.78 Å². The highest BCUT2D eigenvalue weighted by Crippen LogP contribution is 2.45. The molecule has 2 heterocycles. The molecule has 1 saturated carbocycles. The molecule has 100 valence electrons. The number of furan rings is 1. The van der Waals surface area contributed by atoms with E-state index >= 15 is 0 Å². The fourth-order valence-corrected chi connectivity index (χ4v) is 3.24. The van der Waals surface area contributed by atoms with Crippen molar-refractivity contribution in [3.63, 3.8) is 0 Å². The Morgan fingerprint density at radius 2 is 2.32 bits per heavy atom. The van der Waals surface area contributed by atoms with Crippen LogP contribution in [0, 0.1) is 11.3 Å². The van der Waals surface area contributed by atoms with E-state index in [1.165, 1.54) is 0 Å². The summed E-state index contributed by atoms with van der Waals surface area (Å²) in [4.78, 5) is 24.9. The summed E-state index contributed by atoms with van der Waals surface area (Å²) in [6.45, 7) is 2.57. The van der Waals surface area contributed by atoms with Crippen LogP contribution < -0.4 is 5.32 Å². The zero-order chi connectivity index (χ0) is 13.5. The lowest BCUT2D eigenvalue weighted by Crippen LogP contribution is -2.45. The van der Waals surface area contributed by atoms with E-state index in [9.17, 15) is 9.59 Å². The fraction of sp³-hybridized carbons (Fsp3) is 0.467. The number of hydrogen-bond acceptors (Lipinski definition) is 3. The second-order valence-corrected chi connectivity index (χ2v) is 5.45. The molecule has 1 aromatic heterocycles. The van der Waals surface area contributed by atoms with Crippen molar-refractivity contribution in [1.82, 2.24) is 5.32 Å². The summed E-state index contributed by atoms with van der Waals surface area (Å²) in [5.74, 6) is 0.618. The highest BCUT2D eigenvalue weighted by Gasteiger charge is 2.55. The third-order valence-electron chi connectivity index (χ3n) is 4.39. The van der Waals surface area contributed by atoms with Crippen molar-refractivity contribution in [3.8, 4) is 0 Å². The minimum Gasteiger partial charge on any atom is -0.465 e. The van der Waals surface area contributed by atoms with Crippen LogP contribution in [0.4, 0.5) is 0 Å². The first kappa shape index (κ1) is 12.2. The molecule has 1 aliphatic heterocycles. The summed E-state index contributed by atoms with van der Waals surface area (Å²) >= 11 is 0. The Hall–Kier alpha value is -1.84. The predicted octanol–water partition coefficient (Wildman–Crippen LogP) is 2.17. The number of carbonyl (C=O) groups is 2. The molecule has 1 saturated heterocycles. The molecule has 2 unspecified atom stereocenters. The van der Waals surface area contributed by atoms with Gasteiger partial charge in [0.1, 0.15) is 11.2 Å². The molecule has 0 aromatic carbocycles. The number of Topliss-reactive ketones (excluding diaryl/α,β-unsaturated/α-hetero) is 1. The summed E-state index contributed by atoms with van der Waals surface area (Å²) in [5, 5.41) is 2.83. The van der Waals surface area contributed by atoms with Gasteiger partial charge in [-0.15, -0.1) is 0 Å². The Bertz CT molecular complexity index is 544. The van der Waals surface area contributed by atoms with Gasteiger partial charge in [-0.05, 0) is 49.0 Å². The number of ketones is 1. The van der Waals surface area contributed by atoms with Gasteiger partial charge in [0, 0.05) is 6.54 Å². The maximum Gasteiger partial charge on any atom is 0.234 e. The van der Waals surface area contributed by atoms with Gasteiger partial charge >= 0.3 is 0 Å². The van der Waals surface area contributed by atoms with Gasteiger partial charge in [0.05, 0.1) is 6.26 Å². The largest absolute Gasteiger partial charge is 0.465 e. The van der Waals surface area contributed by atoms with Crippen LogP contribution in [0.5, 0.6) is 0 Å². The standard InChI is InChI=1S/C15H17NO3/c1-10-9-16-14(18)15(10)6-2-4-11(13(15)17)8-12-5-3-7-19-12/h3,5,7-8,10H,2,4,6,9H2,1H3,(H,16,18)/b11-8+. The molecule has 3 rings (SSSR count). The summed E-state index contributed by atoms with van der Waals surface area (Å²) in [6.07, 6.45) is 5.62. The van der Waals surface area contributed by atoms with Crippen LogP contribution in [0.1, 0.15) is 31.9 Å². The third kappa shape index (κ3) is 1.74. The van der Waals surface area contributed by atoms with Gasteiger partial charge in [-0.1, -0.05) is 6.92 Å². The first-order chi connectivity index (χ1) is 9.14. The molecule has 4 nitrogen and oxygen atoms in total. The lowest BCUT2D eigenvalue weighted by atomic mass is 9.65. The van der Waals surface area contributed by atoms with Crippen LogP contribution in [0.3, 0.4) is 0 Å². The smallest absolute Gasteiger partial charge is 0.234 e. The number of nitrogens with one attached hydrogen (secondary N) is 1. The molecule has 1 spiro atoms. The quantitative estimate of drug-likeness (QED) is 0.621. The lowest BCUT2D eigenvalue weighted by Gasteiger charge is -2.33. The van der Waals surface area contributed by atoms with Gasteiger partial charge in [0.2, 0.25) is 5.91 Å². The molecule has 1 aromatic rings. The van der Waals surface area contributed by atoms with E-state index in [0.717, 1.165) is 12.8 Å². The molecule has 19 heavy (non-hydrogen) atoms. The van der Waals surface area contributed by atoms with Crippen LogP contribution in [0.25, 0.3) is 6.08 Å². The van der Waals surface area contributed by atoms with E-state index in [2.05, 4.69) is 5.32 Å². The predicted molar refractivity (Wildman–Crippen MR) is 70.1 cm³/mol. The van der Waals surface area contributed by atoms with Crippen molar-refractivity contribution in [3.05, 3.63) is 29.7 Å². The average Bonchev–Trinajstić information content (AvgIpc) is 2.99. The molecule has 1 aliphatic carbocycles. The topological polar surface area (TPSA) is 59.3 Å². The molecule has 2 aliphatic rings. The first-order valence-corrected chi connectivity index (χ1v) is 6.72. The number of rotatable bonds is 1. The second kappa shape index (κ2) is 4.37. The molecule has 0 bridgehead atoms. The normalized spacial score (nSPS) is 33.1. The monoisotopic (exact) mass is 259 g/mol. The molecule has 1 N–H and O–H groups in total. The van der Waals surface area contributed by atoms with Crippen molar-refractivity contribution < 1.29 is 14.0 Å². The average molecular weight is 259 g/mol. The van der Waals surface area contributed by atoms with Gasteiger partial charge in [-0.25, -0.2) is 0 Å². The SMILES string of the molecule is CC1CNC(=O)C12CCC/C(=C\c1ccco1)C2=O. The molecule has 1 amide bonds. The summed E-state index contributed by atoms with van der Waals surface area (Å²) < 4.78 is 5.26. The van der Waals surface area contributed by atoms with Crippen molar-refractivity contribution in [1.29, 1.82) is 0 Å². The molecule has 4 heteroatoms. The zero-order valence-electron chi connectivity index (χ0n) is 10.9. The van der Waals surface area contributed by atoms with Gasteiger partial charge in [0.25, 0.3) is 0 Å². The molecule has 0 radical (unpaired) electrons. The van der Waals surface area contributed by atoms with E-state index in [0.29, 0.717) is 24.3 Å². The highest BCUT2D eigenvalue weighted by atomic mass is 16.3. The minimum absolute atomic E-state index is 0.0161. The number of carbonyl (C=O) groups excluding carboxylic acids is 2. The van der Waals surface area contributed by atoms with Crippen LogP contribution in [-0.4, -0.2) is 18.2 Å². The molecule has 2 fully saturated rings. The summed E-state index contributed by atoms with van der Waals surface area (Å²) in [6, 6.07) is 3.61. The Morgan fingerprint density at radius 3 is 2.95 bits per heavy atom. The minimum atomic E-state index is -0.837. The number of hydrogen-bond donors (Lipinski definition) is 1. The molecule has 2 atom stereocenters. The van der Waals surface area contributed by atoms with Crippen molar-refractivity contribution in [2.45, 2.75) is 26.2 Å². The zero-order valence-corrected chi connectivity index (χ0v) is 10.9. The van der Waals surface area contributed by atoms with Gasteiger partial charge in [-0.3, -0.25) is 9.59 Å². The fourth-order valence-electron chi connectivity index (χ4n) is 3.24. The molecular weight excluding hydrogens is 242 g/mol. The van der Waals surface area contributed by atoms with Crippen molar-refractivity contribution >= 4 is 17.8 Å². The number of amides is 1. The van der Waals surface area contributed by atoms with E-state index < -0.39 is 5.41 Å². The molecular formula is C15H17NO3. The van der Waals surface area contributed by atoms with Crippen LogP contribution in [0.2, 0.25) is 0 Å². The Kier molecular flexibility index (Phi) is 2.81. The van der Waals surface area contributed by atoms with E-state index in [1.807, 2.05) is 13.0 Å². The Balaban J connectivity index is 1.98. The van der Waals surface area contributed by atoms with Crippen molar-refractivity contribution in [2.24, 2.45) is 11.3 Å². The maximum absolute atomic E-state index is 12.7. The van der Waals surface area contributed by atoms with Gasteiger partial charge < -0.3 is 9.73 Å². The first-order valence-electron chi connectivity index (χ1n) is 6.72. The van der Waals surface area contributed by atoms with Crippen LogP contribution in [0.15, 0.2) is 28.4 Å². The Morgan fingerprint density at radius 1 is 1.47 bits per heavy atom. The van der Waals surface area contributed by atoms with Gasteiger partial charge in [-0.2, -0.15) is 0 Å². The van der Waals surface area contributed by atoms with Crippen LogP contribution >= 0.6 is 0 Å². The van der Waals surface area contributed by atoms with Crippen molar-refractivity contribution in [2.75, 3.05) is 6.54 Å². The second-order valence-electron chi connectivity index (χ2n) is 5.45. The highest BCUT2D eigenvalue weighted by molar-refractivity contribution is 6.17. The van der Waals surface area contributed by atoms with E-state index in [-0.39, 0.29) is 17.6 Å². The summed E-state index contributed by atoms with van der Waals surface area (Å²) in [5.41, 5.74) is -0.124. The number of allylic oxidation sites excluding steroid dienone is 1. The Labute approximate surface area is 111 Å².